The minimum absolute atomic E-state index is 0.0220. The highest BCUT2D eigenvalue weighted by atomic mass is 35.5. The molecule has 6 rings (SSSR count). The first-order valence-corrected chi connectivity index (χ1v) is 20.3. The topological polar surface area (TPSA) is 151 Å². The van der Waals surface area contributed by atoms with Crippen LogP contribution in [-0.2, 0) is 44.2 Å². The fraction of sp³-hybridized carbons (Fsp3) is 0.487. The molecule has 0 unspecified atom stereocenters. The van der Waals surface area contributed by atoms with Crippen LogP contribution in [0.4, 0.5) is 5.69 Å². The Kier molecular flexibility index (Phi) is 12.8. The number of rotatable bonds is 7. The third kappa shape index (κ3) is 9.16. The Hall–Kier alpha value is -4.24. The van der Waals surface area contributed by atoms with Crippen LogP contribution >= 0.6 is 11.6 Å². The van der Waals surface area contributed by atoms with Crippen LogP contribution in [-0.4, -0.2) is 84.0 Å². The molecule has 290 valence electrons. The van der Waals surface area contributed by atoms with Gasteiger partial charge < -0.3 is 28.6 Å². The predicted octanol–water partition coefficient (Wildman–Crippen LogP) is 5.59. The highest BCUT2D eigenvalue weighted by Crippen LogP contribution is 2.42. The van der Waals surface area contributed by atoms with Gasteiger partial charge in [0.25, 0.3) is 11.8 Å². The number of halogens is 1. The monoisotopic (exact) mass is 781 g/mol. The predicted molar refractivity (Wildman–Crippen MR) is 205 cm³/mol. The normalized spacial score (nSPS) is 26.7. The first kappa shape index (κ1) is 39.5. The lowest BCUT2D eigenvalue weighted by Crippen LogP contribution is -2.43. The van der Waals surface area contributed by atoms with Gasteiger partial charge in [-0.2, -0.15) is 0 Å². The van der Waals surface area contributed by atoms with Gasteiger partial charge in [0.15, 0.2) is 0 Å². The number of hydrogen-bond donors (Lipinski definition) is 1. The third-order valence-electron chi connectivity index (χ3n) is 10.4. The summed E-state index contributed by atoms with van der Waals surface area (Å²) in [6.45, 7) is 3.23. The lowest BCUT2D eigenvalue weighted by molar-refractivity contribution is -0.113. The number of benzene rings is 2. The summed E-state index contributed by atoms with van der Waals surface area (Å²) in [5.74, 6) is -1.33. The molecule has 0 spiro atoms. The van der Waals surface area contributed by atoms with Crippen molar-refractivity contribution in [3.8, 4) is 11.6 Å². The second-order valence-corrected chi connectivity index (χ2v) is 16.6. The van der Waals surface area contributed by atoms with E-state index in [4.69, 9.17) is 30.5 Å². The van der Waals surface area contributed by atoms with Gasteiger partial charge in [-0.15, -0.1) is 9.46 Å². The number of aryl methyl sites for hydroxylation is 2. The van der Waals surface area contributed by atoms with E-state index in [2.05, 4.69) is 25.1 Å². The first-order valence-electron chi connectivity index (χ1n) is 18.2. The van der Waals surface area contributed by atoms with Crippen LogP contribution in [0.3, 0.4) is 0 Å². The highest BCUT2D eigenvalue weighted by molar-refractivity contribution is 7.92. The van der Waals surface area contributed by atoms with Crippen molar-refractivity contribution in [2.75, 3.05) is 44.6 Å². The molecule has 15 heteroatoms. The number of aromatic nitrogens is 2. The average Bonchev–Trinajstić information content (AvgIpc) is 3.51. The summed E-state index contributed by atoms with van der Waals surface area (Å²) in [6.07, 6.45) is 9.38. The van der Waals surface area contributed by atoms with Gasteiger partial charge in [-0.1, -0.05) is 36.7 Å². The van der Waals surface area contributed by atoms with Crippen molar-refractivity contribution >= 4 is 45.3 Å². The minimum Gasteiger partial charge on any atom is -0.491 e. The van der Waals surface area contributed by atoms with E-state index in [0.717, 1.165) is 37.7 Å². The van der Waals surface area contributed by atoms with Gasteiger partial charge in [0.2, 0.25) is 5.88 Å². The van der Waals surface area contributed by atoms with Crippen LogP contribution in [0.25, 0.3) is 0 Å². The zero-order valence-electron chi connectivity index (χ0n) is 31.1. The van der Waals surface area contributed by atoms with E-state index < -0.39 is 33.8 Å². The van der Waals surface area contributed by atoms with Gasteiger partial charge in [-0.05, 0) is 85.4 Å². The number of amides is 2. The molecule has 1 fully saturated rings. The number of anilines is 1. The molecule has 2 amide bonds. The van der Waals surface area contributed by atoms with Crippen molar-refractivity contribution in [1.29, 1.82) is 0 Å². The Morgan fingerprint density at radius 1 is 1.11 bits per heavy atom. The van der Waals surface area contributed by atoms with E-state index in [1.807, 2.05) is 24.3 Å². The maximum Gasteiger partial charge on any atom is 0.286 e. The molecule has 3 aromatic rings. The molecule has 1 saturated carbocycles. The molecular formula is C39H48ClN5O8S. The Morgan fingerprint density at radius 2 is 1.93 bits per heavy atom. The molecule has 2 aromatic carbocycles. The number of ether oxygens (including phenoxy) is 4. The summed E-state index contributed by atoms with van der Waals surface area (Å²) < 4.78 is 46.6. The van der Waals surface area contributed by atoms with E-state index in [9.17, 15) is 18.6 Å². The quantitative estimate of drug-likeness (QED) is 0.238. The van der Waals surface area contributed by atoms with Gasteiger partial charge in [-0.3, -0.25) is 19.0 Å². The number of carbonyl (C=O) groups is 3. The SMILES string of the molecule is COc1nn(C)cc1C(=O)N[S@@]1(=O)=NC(=O)c2ccc3c(c2)N(Cc2ccc(Cl)cc2CCCCO3)C[C@@H]2CC[C@H]2[C@@H](OC)/C=C/[C@H](OCC=O)[C@H](C)C1. The number of carbonyl (C=O) groups excluding carboxylic acids is 3. The summed E-state index contributed by atoms with van der Waals surface area (Å²) in [4.78, 5) is 41.5. The molecule has 3 aliphatic rings. The van der Waals surface area contributed by atoms with E-state index in [0.29, 0.717) is 42.4 Å². The Labute approximate surface area is 321 Å². The van der Waals surface area contributed by atoms with Gasteiger partial charge in [-0.25, -0.2) is 4.21 Å². The number of aldehydes is 1. The van der Waals surface area contributed by atoms with Crippen molar-refractivity contribution in [2.24, 2.45) is 29.2 Å². The first-order chi connectivity index (χ1) is 26.0. The molecule has 0 saturated heterocycles. The van der Waals surface area contributed by atoms with Crippen molar-refractivity contribution < 1.29 is 37.5 Å². The number of fused-ring (bicyclic) bond motifs is 3. The molecule has 0 radical (unpaired) electrons. The summed E-state index contributed by atoms with van der Waals surface area (Å²) in [5, 5.41) is 4.82. The molecule has 1 N–H and O–H groups in total. The van der Waals surface area contributed by atoms with Crippen molar-refractivity contribution in [3.05, 3.63) is 82.0 Å². The molecule has 2 bridgehead atoms. The number of hydrogen-bond acceptors (Lipinski definition) is 10. The molecule has 1 aromatic heterocycles. The Balaban J connectivity index is 1.49. The van der Waals surface area contributed by atoms with Crippen LogP contribution in [0.15, 0.2) is 59.1 Å². The van der Waals surface area contributed by atoms with Crippen molar-refractivity contribution in [2.45, 2.75) is 57.8 Å². The Bertz CT molecular complexity index is 2010. The Morgan fingerprint density at radius 3 is 2.67 bits per heavy atom. The lowest BCUT2D eigenvalue weighted by Gasteiger charge is -2.43. The van der Waals surface area contributed by atoms with Gasteiger partial charge in [0.1, 0.15) is 34.1 Å². The molecule has 6 atom stereocenters. The third-order valence-corrected chi connectivity index (χ3v) is 12.6. The lowest BCUT2D eigenvalue weighted by atomic mass is 9.70. The molecule has 3 heterocycles. The van der Waals surface area contributed by atoms with Crippen LogP contribution < -0.4 is 19.1 Å². The number of nitrogens with one attached hydrogen (secondary N) is 1. The van der Waals surface area contributed by atoms with Crippen LogP contribution in [0, 0.1) is 17.8 Å². The molecule has 2 aliphatic heterocycles. The summed E-state index contributed by atoms with van der Waals surface area (Å²) in [7, 11) is 0.837. The van der Waals surface area contributed by atoms with E-state index in [1.54, 1.807) is 39.3 Å². The smallest absolute Gasteiger partial charge is 0.286 e. The second kappa shape index (κ2) is 17.5. The highest BCUT2D eigenvalue weighted by Gasteiger charge is 2.38. The maximum absolute atomic E-state index is 14.8. The van der Waals surface area contributed by atoms with Gasteiger partial charge in [0, 0.05) is 49.9 Å². The zero-order valence-corrected chi connectivity index (χ0v) is 32.6. The molecular weight excluding hydrogens is 734 g/mol. The van der Waals surface area contributed by atoms with Crippen molar-refractivity contribution in [1.82, 2.24) is 14.5 Å². The van der Waals surface area contributed by atoms with E-state index in [1.165, 1.54) is 23.6 Å². The molecule has 13 nitrogen and oxygen atoms in total. The van der Waals surface area contributed by atoms with E-state index >= 15 is 0 Å². The van der Waals surface area contributed by atoms with Crippen LogP contribution in [0.1, 0.15) is 64.4 Å². The van der Waals surface area contributed by atoms with Gasteiger partial charge in [0.05, 0.1) is 37.4 Å². The van der Waals surface area contributed by atoms with Crippen LogP contribution in [0.2, 0.25) is 5.02 Å². The fourth-order valence-electron chi connectivity index (χ4n) is 7.48. The average molecular weight is 782 g/mol. The standard InChI is InChI=1S/C39H48ClN5O8S/c1-25-24-54(49,43-38(48)32-23-44(2)41-39(32)51-4)42-37(47)27-10-13-36-33(20-27)45(21-28-8-11-30(40)19-26(28)7-5-6-17-52-36)22-29-9-12-31(29)35(50-3)15-14-34(25)53-18-16-46/h8,10-11,13-16,19-20,23,25,29,31,34-35H,5-7,9,12,17-18,21-22,24H2,1-4H3,(H,42,43,47,48,49)/b15-14+/t25-,29+,31-,34+,35+,54+/m1/s1. The number of methoxy groups -OCH3 is 2. The largest absolute Gasteiger partial charge is 0.491 e. The summed E-state index contributed by atoms with van der Waals surface area (Å²) in [5.41, 5.74) is 3.22. The zero-order chi connectivity index (χ0) is 38.4. The number of nitrogens with zero attached hydrogens (tertiary/aromatic N) is 4. The van der Waals surface area contributed by atoms with Crippen LogP contribution in [0.5, 0.6) is 11.6 Å². The summed E-state index contributed by atoms with van der Waals surface area (Å²) in [6, 6.07) is 11.1. The fourth-order valence-corrected chi connectivity index (χ4v) is 9.55. The second-order valence-electron chi connectivity index (χ2n) is 14.2. The summed E-state index contributed by atoms with van der Waals surface area (Å²) >= 11 is 6.47. The van der Waals surface area contributed by atoms with Gasteiger partial charge >= 0.3 is 0 Å². The molecule has 54 heavy (non-hydrogen) atoms. The maximum atomic E-state index is 14.8. The van der Waals surface area contributed by atoms with E-state index in [-0.39, 0.29) is 47.3 Å². The minimum atomic E-state index is -3.83. The molecule has 1 aliphatic carbocycles. The van der Waals surface area contributed by atoms with Crippen molar-refractivity contribution in [3.63, 3.8) is 0 Å².